The second-order valence-electron chi connectivity index (χ2n) is 22.7. The van der Waals surface area contributed by atoms with Gasteiger partial charge in [-0.3, -0.25) is 28.8 Å². The van der Waals surface area contributed by atoms with Gasteiger partial charge >= 0.3 is 6.03 Å². The lowest BCUT2D eigenvalue weighted by atomic mass is 9.44. The largest absolute Gasteiger partial charge is 0.486 e. The van der Waals surface area contributed by atoms with Crippen molar-refractivity contribution < 1.29 is 66.4 Å². The van der Waals surface area contributed by atoms with Crippen LogP contribution in [0.25, 0.3) is 0 Å². The predicted molar refractivity (Wildman–Crippen MR) is 289 cm³/mol. The number of carbonyl (C=O) groups is 7. The summed E-state index contributed by atoms with van der Waals surface area (Å²) in [5.74, 6) is -4.62. The van der Waals surface area contributed by atoms with Crippen molar-refractivity contribution in [2.45, 2.75) is 185 Å². The lowest BCUT2D eigenvalue weighted by molar-refractivity contribution is -0.234. The van der Waals surface area contributed by atoms with E-state index < -0.39 is 113 Å². The summed E-state index contributed by atoms with van der Waals surface area (Å²) in [7, 11) is 0. The molecule has 4 fully saturated rings. The molecule has 7 rings (SSSR count). The SMILES string of the molecule is CCCC1O[C@@H]2C[C@H]3[C@@H]4C[C@H](F)C5=CC(=O)C=C[C@]5(C)[C@@]4(F)[C@@H](O)C[C@]3(C)[C@]2(C(=O)COc2ccc(NC(=O)[C@H](CCCNC(N)=O)NC(=O)C(NC(=O)[C@H](N)CCCCNC(=O)COC3C=CCCCCC3)=C(C)C)cc2)O1. The van der Waals surface area contributed by atoms with Crippen LogP contribution in [0.5, 0.6) is 5.75 Å². The minimum atomic E-state index is -2.36. The average Bonchev–Trinajstić information content (AvgIpc) is 2.30. The molecular weight excluding hydrogens is 1020 g/mol. The van der Waals surface area contributed by atoms with E-state index in [-0.39, 0.29) is 80.7 Å². The van der Waals surface area contributed by atoms with E-state index in [9.17, 15) is 38.7 Å². The Bertz CT molecular complexity index is 2560. The van der Waals surface area contributed by atoms with Crippen LogP contribution in [-0.4, -0.2) is 127 Å². The number of nitrogens with one attached hydrogen (secondary N) is 5. The zero-order chi connectivity index (χ0) is 57.3. The summed E-state index contributed by atoms with van der Waals surface area (Å²) in [6.45, 7) is 8.41. The topological polar surface area (TPSA) is 289 Å². The summed E-state index contributed by atoms with van der Waals surface area (Å²) in [6, 6.07) is 3.18. The molecule has 21 heteroatoms. The van der Waals surface area contributed by atoms with Gasteiger partial charge in [-0.15, -0.1) is 0 Å². The highest BCUT2D eigenvalue weighted by molar-refractivity contribution is 6.03. The van der Waals surface area contributed by atoms with Crippen LogP contribution in [0, 0.1) is 22.7 Å². The number of hydrogen-bond donors (Lipinski definition) is 8. The predicted octanol–water partition coefficient (Wildman–Crippen LogP) is 5.64. The van der Waals surface area contributed by atoms with E-state index in [0.29, 0.717) is 43.5 Å². The number of fused-ring (bicyclic) bond motifs is 7. The summed E-state index contributed by atoms with van der Waals surface area (Å²) in [5, 5.41) is 25.3. The second kappa shape index (κ2) is 26.2. The highest BCUT2D eigenvalue weighted by Gasteiger charge is 2.80. The Morgan fingerprint density at radius 1 is 0.937 bits per heavy atom. The lowest BCUT2D eigenvalue weighted by Crippen LogP contribution is -2.71. The number of alkyl halides is 2. The van der Waals surface area contributed by atoms with Crippen molar-refractivity contribution in [2.24, 2.45) is 34.1 Å². The van der Waals surface area contributed by atoms with E-state index in [2.05, 4.69) is 32.7 Å². The van der Waals surface area contributed by atoms with Crippen molar-refractivity contribution in [3.63, 3.8) is 0 Å². The van der Waals surface area contributed by atoms with Crippen LogP contribution in [0.1, 0.15) is 131 Å². The molecule has 0 spiro atoms. The number of Topliss-reactive ketones (excluding diaryl/α,β-unsaturated/α-hetero) is 1. The molecule has 2 unspecified atom stereocenters. The maximum absolute atomic E-state index is 18.0. The first-order chi connectivity index (χ1) is 37.6. The number of primary amides is 1. The smallest absolute Gasteiger partial charge is 0.312 e. The first-order valence-corrected chi connectivity index (χ1v) is 28.1. The Balaban J connectivity index is 0.944. The van der Waals surface area contributed by atoms with Crippen LogP contribution in [-0.2, 0) is 43.0 Å². The number of aliphatic hydroxyl groups excluding tert-OH is 1. The van der Waals surface area contributed by atoms with Crippen molar-refractivity contribution >= 4 is 46.9 Å². The van der Waals surface area contributed by atoms with Gasteiger partial charge in [0.25, 0.3) is 5.91 Å². The molecule has 1 aromatic carbocycles. The monoisotopic (exact) mass is 1110 g/mol. The number of urea groups is 1. The van der Waals surface area contributed by atoms with Gasteiger partial charge in [0.1, 0.15) is 36.9 Å². The van der Waals surface area contributed by atoms with Crippen LogP contribution < -0.4 is 42.8 Å². The van der Waals surface area contributed by atoms with E-state index >= 15 is 8.78 Å². The van der Waals surface area contributed by atoms with E-state index in [4.69, 9.17) is 30.4 Å². The molecule has 1 heterocycles. The number of hydrogen-bond acceptors (Lipinski definition) is 13. The summed E-state index contributed by atoms with van der Waals surface area (Å²) >= 11 is 0. The van der Waals surface area contributed by atoms with Crippen LogP contribution in [0.4, 0.5) is 19.3 Å². The van der Waals surface area contributed by atoms with Gasteiger partial charge in [-0.25, -0.2) is 13.6 Å². The van der Waals surface area contributed by atoms with Crippen LogP contribution >= 0.6 is 0 Å². The third-order valence-electron chi connectivity index (χ3n) is 17.2. The fourth-order valence-corrected chi connectivity index (χ4v) is 13.0. The molecule has 79 heavy (non-hydrogen) atoms. The van der Waals surface area contributed by atoms with Gasteiger partial charge in [-0.2, -0.15) is 0 Å². The third kappa shape index (κ3) is 13.2. The number of allylic oxidation sites excluding steroid dienone is 6. The molecule has 13 atom stereocenters. The van der Waals surface area contributed by atoms with Crippen molar-refractivity contribution in [2.75, 3.05) is 31.6 Å². The number of aliphatic hydroxyl groups is 1. The first-order valence-electron chi connectivity index (χ1n) is 28.1. The lowest BCUT2D eigenvalue weighted by Gasteiger charge is -2.63. The Kier molecular flexibility index (Phi) is 20.1. The van der Waals surface area contributed by atoms with E-state index in [1.54, 1.807) is 20.8 Å². The average molecular weight is 1110 g/mol. The number of unbranched alkanes of at least 4 members (excludes halogenated alkanes) is 1. The van der Waals surface area contributed by atoms with Crippen molar-refractivity contribution in [1.82, 2.24) is 21.3 Å². The molecule has 0 bridgehead atoms. The van der Waals surface area contributed by atoms with Crippen molar-refractivity contribution in [3.05, 3.63) is 71.5 Å². The fraction of sp³-hybridized carbons (Fsp3) is 0.638. The normalized spacial score (nSPS) is 31.3. The summed E-state index contributed by atoms with van der Waals surface area (Å²) in [6.07, 6.45) is 10.5. The second-order valence-corrected chi connectivity index (χ2v) is 22.7. The Morgan fingerprint density at radius 2 is 1.68 bits per heavy atom. The fourth-order valence-electron chi connectivity index (χ4n) is 13.0. The molecule has 3 saturated carbocycles. The van der Waals surface area contributed by atoms with Gasteiger partial charge in [0.15, 0.2) is 23.3 Å². The maximum Gasteiger partial charge on any atom is 0.312 e. The molecule has 10 N–H and O–H groups in total. The highest BCUT2D eigenvalue weighted by atomic mass is 19.1. The highest BCUT2D eigenvalue weighted by Crippen LogP contribution is 2.72. The van der Waals surface area contributed by atoms with Gasteiger partial charge < -0.3 is 62.1 Å². The number of ketones is 2. The van der Waals surface area contributed by atoms with E-state index in [0.717, 1.165) is 38.2 Å². The van der Waals surface area contributed by atoms with Crippen LogP contribution in [0.3, 0.4) is 0 Å². The van der Waals surface area contributed by atoms with Crippen LogP contribution in [0.2, 0.25) is 0 Å². The standard InChI is InChI=1S/C58H81F2N7O12/c1-6-15-49-78-47-30-39-40-29-42(59)41-28-36(68)24-25-55(41,4)57(40,60)45(69)31-56(39,5)58(47,79-49)46(70)32-76-38-22-20-35(21-23-38)65-52(73)44(19-14-27-64-54(62)75)66-53(74)50(34(2)3)67-51(72)43(61)18-12-13-26-63-48(71)33-77-37-16-10-8-7-9-11-17-37/h10,16,20-25,28,37,39-40,42-45,47,49,69H,6-9,11-15,17-19,26-27,29-33,61H2,1-5H3,(H,63,71)(H,65,73)(H,66,74)(H,67,72)(H3,62,64,75)/t37?,39-,40-,42-,43+,44-,45-,47+,49?,55-,56-,57-,58+/m0/s1. The molecule has 1 aromatic rings. The molecule has 434 valence electrons. The molecule has 6 aliphatic rings. The minimum Gasteiger partial charge on any atom is -0.486 e. The molecule has 19 nitrogen and oxygen atoms in total. The van der Waals surface area contributed by atoms with Gasteiger partial charge in [0.2, 0.25) is 23.5 Å². The first kappa shape index (κ1) is 60.8. The minimum absolute atomic E-state index is 0.00185. The summed E-state index contributed by atoms with van der Waals surface area (Å²) in [5.41, 5.74) is 5.26. The van der Waals surface area contributed by atoms with Crippen molar-refractivity contribution in [3.8, 4) is 5.75 Å². The Labute approximate surface area is 461 Å². The zero-order valence-corrected chi connectivity index (χ0v) is 46.2. The summed E-state index contributed by atoms with van der Waals surface area (Å²) < 4.78 is 59.0. The number of nitrogens with two attached hydrogens (primary N) is 2. The van der Waals surface area contributed by atoms with Gasteiger partial charge in [0.05, 0.1) is 24.4 Å². The van der Waals surface area contributed by atoms with Crippen LogP contribution in [0.15, 0.2) is 71.5 Å². The molecule has 6 amide bonds. The van der Waals surface area contributed by atoms with E-state index in [1.807, 2.05) is 13.0 Å². The number of amides is 6. The molecule has 1 saturated heterocycles. The van der Waals surface area contributed by atoms with Crippen molar-refractivity contribution in [1.29, 1.82) is 0 Å². The molecule has 0 radical (unpaired) electrons. The Hall–Kier alpha value is -5.87. The number of carbonyl (C=O) groups excluding carboxylic acids is 7. The number of rotatable bonds is 24. The molecule has 0 aromatic heterocycles. The van der Waals surface area contributed by atoms with Gasteiger partial charge in [-0.05, 0) is 151 Å². The molecule has 5 aliphatic carbocycles. The van der Waals surface area contributed by atoms with Gasteiger partial charge in [-0.1, -0.05) is 51.3 Å². The summed E-state index contributed by atoms with van der Waals surface area (Å²) in [4.78, 5) is 91.9. The number of halogens is 2. The quantitative estimate of drug-likeness (QED) is 0.0354. The molecular formula is C58H81F2N7O12. The number of anilines is 1. The van der Waals surface area contributed by atoms with E-state index in [1.165, 1.54) is 43.3 Å². The van der Waals surface area contributed by atoms with Gasteiger partial charge in [0, 0.05) is 35.5 Å². The maximum atomic E-state index is 18.0. The zero-order valence-electron chi connectivity index (χ0n) is 46.2. The number of benzene rings is 1. The molecule has 1 aliphatic heterocycles. The Morgan fingerprint density at radius 3 is 2.41 bits per heavy atom. The third-order valence-corrected chi connectivity index (χ3v) is 17.2. The number of ether oxygens (including phenoxy) is 4.